The van der Waals surface area contributed by atoms with E-state index in [2.05, 4.69) is 36.0 Å². The van der Waals surface area contributed by atoms with Gasteiger partial charge in [0, 0.05) is 80.5 Å². The third-order valence-corrected chi connectivity index (χ3v) is 28.8. The smallest absolute Gasteiger partial charge is 0.344 e. The molecule has 10 heterocycles. The number of carbonyl (C=O) groups is 4. The zero-order valence-electron chi connectivity index (χ0n) is 68.7. The van der Waals surface area contributed by atoms with Crippen LogP contribution in [0.3, 0.4) is 0 Å². The van der Waals surface area contributed by atoms with Crippen molar-refractivity contribution in [3.8, 4) is 11.5 Å². The van der Waals surface area contributed by atoms with Crippen LogP contribution in [0.25, 0.3) is 24.2 Å². The number of thiophene rings is 5. The molecule has 658 valence electrons. The highest BCUT2D eigenvalue weighted by atomic mass is 35.5. The first-order chi connectivity index (χ1) is 60.6. The van der Waals surface area contributed by atoms with E-state index in [4.69, 9.17) is 136 Å². The minimum atomic E-state index is -1.11. The van der Waals surface area contributed by atoms with Crippen LogP contribution in [0.4, 0.5) is 57.8 Å². The number of hydrogen-bond acceptors (Lipinski definition) is 21. The summed E-state index contributed by atoms with van der Waals surface area (Å²) in [5, 5.41) is 45.4. The van der Waals surface area contributed by atoms with Crippen molar-refractivity contribution in [1.29, 1.82) is 0 Å². The predicted octanol–water partition coefficient (Wildman–Crippen LogP) is 22.4. The average Bonchev–Trinajstić information content (AvgIpc) is 1.65. The van der Waals surface area contributed by atoms with Gasteiger partial charge in [-0.15, -0.1) is 56.7 Å². The Morgan fingerprint density at radius 3 is 1.06 bits per heavy atom. The summed E-state index contributed by atoms with van der Waals surface area (Å²) >= 11 is 42.3. The molecule has 0 atom stereocenters. The molecule has 0 amide bonds. The summed E-state index contributed by atoms with van der Waals surface area (Å²) < 4.78 is 51.8. The first-order valence-electron chi connectivity index (χ1n) is 39.1. The normalized spacial score (nSPS) is 14.3. The van der Waals surface area contributed by atoms with Gasteiger partial charge in [0.25, 0.3) is 0 Å². The van der Waals surface area contributed by atoms with Crippen LogP contribution in [0.1, 0.15) is 110 Å². The van der Waals surface area contributed by atoms with Gasteiger partial charge in [0.1, 0.15) is 36.8 Å². The van der Waals surface area contributed by atoms with E-state index in [1.54, 1.807) is 66.8 Å². The average molecular weight is 1920 g/mol. The lowest BCUT2D eigenvalue weighted by Gasteiger charge is -2.28. The summed E-state index contributed by atoms with van der Waals surface area (Å²) in [6.07, 6.45) is 1.76. The quantitative estimate of drug-likeness (QED) is 0.0488. The molecule has 5 aromatic heterocycles. The van der Waals surface area contributed by atoms with Crippen molar-refractivity contribution in [2.45, 2.75) is 52.9 Å². The maximum absolute atomic E-state index is 14.4. The number of anilines is 5. The van der Waals surface area contributed by atoms with Gasteiger partial charge >= 0.3 is 23.9 Å². The lowest BCUT2D eigenvalue weighted by molar-refractivity contribution is 0.0690. The highest BCUT2D eigenvalue weighted by molar-refractivity contribution is 7.20. The van der Waals surface area contributed by atoms with Crippen LogP contribution in [0.2, 0.25) is 30.1 Å². The molecule has 5 aromatic carbocycles. The number of aromatic carboxylic acids is 4. The summed E-state index contributed by atoms with van der Waals surface area (Å²) in [4.78, 5) is 77.7. The number of hydrogen-bond donors (Lipinski definition) is 4. The lowest BCUT2D eigenvalue weighted by Crippen LogP contribution is -2.35. The number of morpholine rings is 5. The standard InChI is InChI=1S/C18H16ClFN2O3S.2C18H17ClN2O4S.C18H17ClN2O3S.C17H16Cl2N2OS/c1-10-7-11(19)8-14(20)12(10)9-13-15(21-2)17(26-16(13)18(23)24)22-3-5-25-6-4-22;1-20-15-13(9-11-3-4-12(19)10-14(11)24-2)16(18(22)23)26-17(15)21-5-7-25-8-6-21;1-20-15-12(9-11-3-4-13(19)14(10-11)24-2)16(18(22)23)26-17(15)21-5-7-25-8-6-21;1-11-9-13(19)4-3-12(11)10-14-15(20-2)17(25-16(14)18(22)23)21-5-7-24-8-6-21;1-11-13(9-12-3-4-14(18)15(19)10-12)16(20-2)17(23-11)21-5-7-22-8-6-21/h7-8H,3-6,9H2,1H3,(H,23,24);2*3-4,10H,5-9H2,2H3,(H,22,23);3-4,9H,5-8,10H2,1H3,(H,22,23);3-4,10H,5-9H2,1H3. The van der Waals surface area contributed by atoms with Crippen molar-refractivity contribution < 1.29 is 77.2 Å². The Balaban J connectivity index is 0.000000153. The molecule has 4 N–H and O–H groups in total. The van der Waals surface area contributed by atoms with E-state index >= 15 is 0 Å². The first-order valence-corrected chi connectivity index (χ1v) is 45.4. The van der Waals surface area contributed by atoms with Gasteiger partial charge in [0.15, 0.2) is 0 Å². The van der Waals surface area contributed by atoms with Crippen LogP contribution in [-0.2, 0) is 55.8 Å². The Kier molecular flexibility index (Phi) is 35.0. The fourth-order valence-electron chi connectivity index (χ4n) is 14.5. The van der Waals surface area contributed by atoms with E-state index in [0.717, 1.165) is 109 Å². The summed E-state index contributed by atoms with van der Waals surface area (Å²) in [6.45, 7) is 56.5. The first kappa shape index (κ1) is 96.6. The molecule has 5 fully saturated rings. The van der Waals surface area contributed by atoms with E-state index in [-0.39, 0.29) is 36.6 Å². The summed E-state index contributed by atoms with van der Waals surface area (Å²) in [7, 11) is 3.06. The van der Waals surface area contributed by atoms with Crippen LogP contribution in [0.5, 0.6) is 11.5 Å². The van der Waals surface area contributed by atoms with Crippen LogP contribution < -0.4 is 34.0 Å². The van der Waals surface area contributed by atoms with E-state index in [1.165, 1.54) is 36.5 Å². The number of methoxy groups -OCH3 is 2. The van der Waals surface area contributed by atoms with Crippen molar-refractivity contribution in [3.05, 3.63) is 269 Å². The number of carboxylic acids is 4. The molecule has 5 saturated heterocycles. The van der Waals surface area contributed by atoms with Gasteiger partial charge in [0.2, 0.25) is 28.4 Å². The topological polar surface area (TPSA) is 252 Å². The van der Waals surface area contributed by atoms with Gasteiger partial charge < -0.3 is 78.1 Å². The Hall–Kier alpha value is -10.0. The number of halogens is 7. The zero-order valence-corrected chi connectivity index (χ0v) is 77.3. The molecule has 5 aliphatic heterocycles. The Morgan fingerprint density at radius 2 is 0.690 bits per heavy atom. The second kappa shape index (κ2) is 45.6. The Morgan fingerprint density at radius 1 is 0.365 bits per heavy atom. The van der Waals surface area contributed by atoms with Gasteiger partial charge in [-0.05, 0) is 185 Å². The Labute approximate surface area is 778 Å². The minimum Gasteiger partial charge on any atom is -0.496 e. The largest absolute Gasteiger partial charge is 0.496 e. The van der Waals surface area contributed by atoms with Gasteiger partial charge in [0.05, 0.1) is 153 Å². The van der Waals surface area contributed by atoms with E-state index in [0.29, 0.717) is 233 Å². The molecule has 0 aliphatic carbocycles. The van der Waals surface area contributed by atoms with Crippen LogP contribution >= 0.6 is 126 Å². The molecule has 0 spiro atoms. The molecule has 37 heteroatoms. The van der Waals surface area contributed by atoms with E-state index < -0.39 is 29.7 Å². The second-order valence-electron chi connectivity index (χ2n) is 28.6. The fraction of sp³-hybridized carbons (Fsp3) is 0.337. The number of ether oxygens (including phenoxy) is 7. The summed E-state index contributed by atoms with van der Waals surface area (Å²) in [5.74, 6) is -3.55. The molecule has 0 unspecified atom stereocenters. The molecule has 0 saturated carbocycles. The summed E-state index contributed by atoms with van der Waals surface area (Å²) in [6, 6.07) is 24.5. The molecular weight excluding hydrogens is 1840 g/mol. The molecule has 10 aromatic rings. The SMILES string of the molecule is [C-]#[N+]c1c(N2CCOCC2)sc(C(=O)O)c1Cc1c(C)cc(Cl)cc1F.[C-]#[N+]c1c(N2CCOCC2)sc(C(=O)O)c1Cc1ccc(Cl)c(OC)c1.[C-]#[N+]c1c(N2CCOCC2)sc(C(=O)O)c1Cc1ccc(Cl)cc1C.[C-]#[N+]c1c(N2CCOCC2)sc(C(=O)O)c1Cc1ccc(Cl)cc1OC.[C-]#[N+]c1c(N2CCOCC2)sc(C)c1Cc1ccc(Cl)c(Cl)c1. The van der Waals surface area contributed by atoms with Gasteiger partial charge in [-0.25, -0.2) is 47.8 Å². The molecule has 15 rings (SSSR count). The third-order valence-electron chi connectivity index (χ3n) is 20.8. The van der Waals surface area contributed by atoms with Crippen molar-refractivity contribution in [2.24, 2.45) is 0 Å². The van der Waals surface area contributed by atoms with Crippen molar-refractivity contribution in [2.75, 3.05) is 170 Å². The van der Waals surface area contributed by atoms with Crippen LogP contribution in [-0.4, -0.2) is 190 Å². The summed E-state index contributed by atoms with van der Waals surface area (Å²) in [5.41, 5.74) is 11.0. The highest BCUT2D eigenvalue weighted by Crippen LogP contribution is 2.51. The van der Waals surface area contributed by atoms with E-state index in [9.17, 15) is 44.0 Å². The molecule has 0 radical (unpaired) electrons. The zero-order chi connectivity index (χ0) is 90.6. The third kappa shape index (κ3) is 23.7. The molecule has 25 nitrogen and oxygen atoms in total. The lowest BCUT2D eigenvalue weighted by atomic mass is 9.99. The maximum atomic E-state index is 14.4. The maximum Gasteiger partial charge on any atom is 0.344 e. The molecule has 126 heavy (non-hydrogen) atoms. The molecular formula is C89H83Cl6FN10O15S5. The second-order valence-corrected chi connectivity index (χ2v) is 36.4. The minimum absolute atomic E-state index is 0.0367. The Bertz CT molecular complexity index is 5870. The van der Waals surface area contributed by atoms with Crippen molar-refractivity contribution >= 4 is 204 Å². The number of carboxylic acid groups (broad SMARTS) is 4. The predicted molar refractivity (Wildman–Crippen MR) is 499 cm³/mol. The van der Waals surface area contributed by atoms with Crippen LogP contribution in [0.15, 0.2) is 84.9 Å². The number of nitrogens with zero attached hydrogens (tertiary/aromatic N) is 10. The van der Waals surface area contributed by atoms with Gasteiger partial charge in [-0.2, -0.15) is 0 Å². The van der Waals surface area contributed by atoms with Gasteiger partial charge in [-0.3, -0.25) is 0 Å². The van der Waals surface area contributed by atoms with Crippen LogP contribution in [0, 0.1) is 59.4 Å². The monoisotopic (exact) mass is 1920 g/mol. The molecule has 5 aliphatic rings. The number of rotatable bonds is 21. The highest BCUT2D eigenvalue weighted by Gasteiger charge is 2.34. The van der Waals surface area contributed by atoms with Crippen molar-refractivity contribution in [3.63, 3.8) is 0 Å². The number of benzene rings is 5. The number of aryl methyl sites for hydroxylation is 3. The fourth-order valence-corrected chi connectivity index (χ4v) is 21.4. The van der Waals surface area contributed by atoms with Crippen molar-refractivity contribution in [1.82, 2.24) is 0 Å². The molecule has 0 bridgehead atoms. The van der Waals surface area contributed by atoms with Gasteiger partial charge in [-0.1, -0.05) is 93.9 Å². The van der Waals surface area contributed by atoms with E-state index in [1.807, 2.05) is 56.9 Å².